The Morgan fingerprint density at radius 3 is 2.03 bits per heavy atom. The number of ether oxygens (including phenoxy) is 2. The first-order valence-corrected chi connectivity index (χ1v) is 13.1. The first kappa shape index (κ1) is 26.4. The largest absolute Gasteiger partial charge is 0.497 e. The van der Waals surface area contributed by atoms with Crippen molar-refractivity contribution in [3.8, 4) is 11.5 Å². The summed E-state index contributed by atoms with van der Waals surface area (Å²) >= 11 is 0. The Balaban J connectivity index is 1.67. The molecular weight excluding hydrogens is 502 g/mol. The van der Waals surface area contributed by atoms with E-state index in [0.717, 1.165) is 11.1 Å². The van der Waals surface area contributed by atoms with Crippen LogP contribution < -0.4 is 19.2 Å². The summed E-state index contributed by atoms with van der Waals surface area (Å²) in [5, 5.41) is 4.05. The molecule has 38 heavy (non-hydrogen) atoms. The van der Waals surface area contributed by atoms with Crippen molar-refractivity contribution < 1.29 is 22.7 Å². The number of methoxy groups -OCH3 is 2. The normalized spacial score (nSPS) is 11.2. The van der Waals surface area contributed by atoms with Gasteiger partial charge in [-0.05, 0) is 71.8 Å². The van der Waals surface area contributed by atoms with E-state index in [1.165, 1.54) is 29.8 Å². The van der Waals surface area contributed by atoms with Crippen LogP contribution in [0.4, 0.5) is 5.69 Å². The Labute approximate surface area is 222 Å². The van der Waals surface area contributed by atoms with Crippen molar-refractivity contribution in [3.05, 3.63) is 120 Å². The van der Waals surface area contributed by atoms with E-state index in [1.54, 1.807) is 67.8 Å². The zero-order valence-electron chi connectivity index (χ0n) is 20.9. The van der Waals surface area contributed by atoms with Crippen LogP contribution in [0, 0.1) is 0 Å². The molecule has 1 amide bonds. The van der Waals surface area contributed by atoms with Gasteiger partial charge in [0.1, 0.15) is 11.5 Å². The van der Waals surface area contributed by atoms with Crippen LogP contribution in [0.3, 0.4) is 0 Å². The summed E-state index contributed by atoms with van der Waals surface area (Å²) in [7, 11) is -0.965. The van der Waals surface area contributed by atoms with Crippen LogP contribution in [0.15, 0.2) is 113 Å². The molecule has 1 N–H and O–H groups in total. The lowest BCUT2D eigenvalue weighted by Gasteiger charge is -2.26. The summed E-state index contributed by atoms with van der Waals surface area (Å²) < 4.78 is 39.3. The van der Waals surface area contributed by atoms with Gasteiger partial charge in [-0.15, -0.1) is 0 Å². The Kier molecular flexibility index (Phi) is 8.40. The van der Waals surface area contributed by atoms with Gasteiger partial charge in [0.2, 0.25) is 0 Å². The van der Waals surface area contributed by atoms with Gasteiger partial charge in [-0.25, -0.2) is 13.8 Å². The summed E-state index contributed by atoms with van der Waals surface area (Å²) in [4.78, 5) is 13.2. The average Bonchev–Trinajstić information content (AvgIpc) is 2.96. The summed E-state index contributed by atoms with van der Waals surface area (Å²) in [5.41, 5.74) is 4.41. The molecule has 0 saturated carbocycles. The van der Waals surface area contributed by atoms with E-state index in [9.17, 15) is 13.2 Å². The Hall–Kier alpha value is -4.63. The van der Waals surface area contributed by atoms with Crippen molar-refractivity contribution in [1.82, 2.24) is 5.43 Å². The van der Waals surface area contributed by atoms with Crippen molar-refractivity contribution in [2.75, 3.05) is 18.5 Å². The number of sulfonamides is 1. The molecule has 4 aromatic carbocycles. The number of rotatable bonds is 10. The molecule has 0 aliphatic heterocycles. The molecule has 4 rings (SSSR count). The van der Waals surface area contributed by atoms with Crippen LogP contribution in [-0.4, -0.2) is 34.8 Å². The van der Waals surface area contributed by atoms with Crippen molar-refractivity contribution >= 4 is 27.8 Å². The van der Waals surface area contributed by atoms with Crippen molar-refractivity contribution in [2.45, 2.75) is 11.4 Å². The zero-order chi connectivity index (χ0) is 27.0. The quantitative estimate of drug-likeness (QED) is 0.234. The van der Waals surface area contributed by atoms with Gasteiger partial charge in [-0.3, -0.25) is 9.10 Å². The minimum Gasteiger partial charge on any atom is -0.497 e. The van der Waals surface area contributed by atoms with Crippen LogP contribution in [0.25, 0.3) is 0 Å². The molecule has 0 atom stereocenters. The topological polar surface area (TPSA) is 97.3 Å². The van der Waals surface area contributed by atoms with Crippen LogP contribution in [0.5, 0.6) is 11.5 Å². The highest BCUT2D eigenvalue weighted by Gasteiger charge is 2.28. The molecule has 0 aromatic heterocycles. The molecular formula is C29H27N3O5S. The first-order chi connectivity index (χ1) is 18.4. The van der Waals surface area contributed by atoms with E-state index in [0.29, 0.717) is 11.5 Å². The molecule has 0 spiro atoms. The van der Waals surface area contributed by atoms with Crippen LogP contribution in [-0.2, 0) is 16.6 Å². The second-order valence-corrected chi connectivity index (χ2v) is 10.0. The SMILES string of the molecule is COc1ccc(/C=N/NC(=O)c2ccccc2N(Cc2ccccc2)S(=O)(=O)c2ccc(OC)cc2)cc1. The van der Waals surface area contributed by atoms with E-state index in [1.807, 2.05) is 30.3 Å². The maximum Gasteiger partial charge on any atom is 0.273 e. The number of nitrogens with zero attached hydrogens (tertiary/aromatic N) is 2. The number of hydrogen-bond donors (Lipinski definition) is 1. The van der Waals surface area contributed by atoms with E-state index >= 15 is 0 Å². The van der Waals surface area contributed by atoms with Gasteiger partial charge in [-0.2, -0.15) is 5.10 Å². The molecule has 0 unspecified atom stereocenters. The number of nitrogens with one attached hydrogen (secondary N) is 1. The summed E-state index contributed by atoms with van der Waals surface area (Å²) in [5.74, 6) is 0.693. The Morgan fingerprint density at radius 2 is 1.39 bits per heavy atom. The van der Waals surface area contributed by atoms with Gasteiger partial charge in [0.15, 0.2) is 0 Å². The second-order valence-electron chi connectivity index (χ2n) is 8.16. The highest BCUT2D eigenvalue weighted by atomic mass is 32.2. The summed E-state index contributed by atoms with van der Waals surface area (Å²) in [6.45, 7) is 0.0224. The number of benzene rings is 4. The van der Waals surface area contributed by atoms with Crippen LogP contribution in [0.1, 0.15) is 21.5 Å². The fourth-order valence-electron chi connectivity index (χ4n) is 3.72. The molecule has 8 nitrogen and oxygen atoms in total. The molecule has 4 aromatic rings. The maximum absolute atomic E-state index is 13.9. The molecule has 9 heteroatoms. The number of hydrogen-bond acceptors (Lipinski definition) is 6. The first-order valence-electron chi connectivity index (χ1n) is 11.7. The minimum absolute atomic E-state index is 0.0224. The highest BCUT2D eigenvalue weighted by Crippen LogP contribution is 2.30. The number of carbonyl (C=O) groups is 1. The van der Waals surface area contributed by atoms with Gasteiger partial charge in [0.05, 0.1) is 43.1 Å². The fraction of sp³-hybridized carbons (Fsp3) is 0.103. The van der Waals surface area contributed by atoms with E-state index < -0.39 is 15.9 Å². The van der Waals surface area contributed by atoms with E-state index in [4.69, 9.17) is 9.47 Å². The molecule has 0 bridgehead atoms. The molecule has 0 fully saturated rings. The van der Waals surface area contributed by atoms with Crippen molar-refractivity contribution in [1.29, 1.82) is 0 Å². The summed E-state index contributed by atoms with van der Waals surface area (Å²) in [6, 6.07) is 29.0. The third-order valence-electron chi connectivity index (χ3n) is 5.73. The van der Waals surface area contributed by atoms with Gasteiger partial charge >= 0.3 is 0 Å². The fourth-order valence-corrected chi connectivity index (χ4v) is 5.19. The molecule has 0 aliphatic carbocycles. The second kappa shape index (κ2) is 12.1. The lowest BCUT2D eigenvalue weighted by Crippen LogP contribution is -2.33. The monoisotopic (exact) mass is 529 g/mol. The Bertz CT molecular complexity index is 1500. The van der Waals surface area contributed by atoms with Crippen molar-refractivity contribution in [2.24, 2.45) is 5.10 Å². The number of carbonyl (C=O) groups excluding carboxylic acids is 1. The van der Waals surface area contributed by atoms with Gasteiger partial charge < -0.3 is 9.47 Å². The van der Waals surface area contributed by atoms with Gasteiger partial charge in [0.25, 0.3) is 15.9 Å². The predicted molar refractivity (Wildman–Crippen MR) is 147 cm³/mol. The minimum atomic E-state index is -4.06. The lowest BCUT2D eigenvalue weighted by molar-refractivity contribution is 0.0955. The number of para-hydroxylation sites is 1. The van der Waals surface area contributed by atoms with Gasteiger partial charge in [0, 0.05) is 0 Å². The predicted octanol–water partition coefficient (Wildman–Crippen LogP) is 4.86. The van der Waals surface area contributed by atoms with Gasteiger partial charge in [-0.1, -0.05) is 42.5 Å². The smallest absolute Gasteiger partial charge is 0.273 e. The molecule has 0 saturated heterocycles. The third kappa shape index (κ3) is 6.19. The standard InChI is InChI=1S/C29H27N3O5S/c1-36-24-14-12-22(13-15-24)20-30-31-29(33)27-10-6-7-11-28(27)32(21-23-8-4-3-5-9-23)38(34,35)26-18-16-25(37-2)17-19-26/h3-20H,21H2,1-2H3,(H,31,33)/b30-20+. The molecule has 194 valence electrons. The van der Waals surface area contributed by atoms with E-state index in [2.05, 4.69) is 10.5 Å². The third-order valence-corrected chi connectivity index (χ3v) is 7.50. The number of amides is 1. The zero-order valence-corrected chi connectivity index (χ0v) is 21.8. The number of anilines is 1. The highest BCUT2D eigenvalue weighted by molar-refractivity contribution is 7.92. The van der Waals surface area contributed by atoms with Crippen molar-refractivity contribution in [3.63, 3.8) is 0 Å². The van der Waals surface area contributed by atoms with Crippen LogP contribution >= 0.6 is 0 Å². The molecule has 0 aliphatic rings. The lowest BCUT2D eigenvalue weighted by atomic mass is 10.1. The Morgan fingerprint density at radius 1 is 0.816 bits per heavy atom. The van der Waals surface area contributed by atoms with Crippen LogP contribution in [0.2, 0.25) is 0 Å². The maximum atomic E-state index is 13.9. The van der Waals surface area contributed by atoms with E-state index in [-0.39, 0.29) is 22.7 Å². The average molecular weight is 530 g/mol. The molecule has 0 heterocycles. The molecule has 0 radical (unpaired) electrons. The summed E-state index contributed by atoms with van der Waals surface area (Å²) in [6.07, 6.45) is 1.50. The number of hydrazone groups is 1.